The molecule has 0 aromatic heterocycles. The van der Waals surface area contributed by atoms with Gasteiger partial charge in [0.1, 0.15) is 0 Å². The van der Waals surface area contributed by atoms with Crippen molar-refractivity contribution in [2.45, 2.75) is 45.1 Å². The molecule has 3 N–H and O–H groups in total. The molecule has 0 spiro atoms. The first-order valence-electron chi connectivity index (χ1n) is 6.58. The minimum absolute atomic E-state index is 0.0285. The molecular weight excluding hydrogens is 252 g/mol. The standard InChI is InChI=1S/C12H24N2O3S/c1-3-12(4-2,9-13)14-11(15)7-10-5-6-18(16,17)8-10/h10H,3-9,13H2,1-2H3,(H,14,15). The number of hydrogen-bond donors (Lipinski definition) is 2. The Bertz CT molecular complexity index is 380. The largest absolute Gasteiger partial charge is 0.349 e. The SMILES string of the molecule is CCC(CC)(CN)NC(=O)CC1CCS(=O)(=O)C1. The zero-order valence-electron chi connectivity index (χ0n) is 11.2. The van der Waals surface area contributed by atoms with Crippen LogP contribution in [-0.4, -0.2) is 37.9 Å². The molecule has 1 aliphatic rings. The maximum absolute atomic E-state index is 11.9. The van der Waals surface area contributed by atoms with Crippen molar-refractivity contribution in [3.8, 4) is 0 Å². The lowest BCUT2D eigenvalue weighted by atomic mass is 9.92. The number of carbonyl (C=O) groups excluding carboxylic acids is 1. The van der Waals surface area contributed by atoms with Gasteiger partial charge >= 0.3 is 0 Å². The third-order valence-electron chi connectivity index (χ3n) is 3.95. The number of amides is 1. The zero-order valence-corrected chi connectivity index (χ0v) is 12.1. The van der Waals surface area contributed by atoms with Gasteiger partial charge in [0.05, 0.1) is 17.0 Å². The Balaban J connectivity index is 2.52. The van der Waals surface area contributed by atoms with E-state index in [-0.39, 0.29) is 28.9 Å². The van der Waals surface area contributed by atoms with E-state index < -0.39 is 9.84 Å². The molecule has 1 fully saturated rings. The van der Waals surface area contributed by atoms with Crippen LogP contribution in [0.25, 0.3) is 0 Å². The molecule has 1 unspecified atom stereocenters. The highest BCUT2D eigenvalue weighted by atomic mass is 32.2. The molecule has 1 atom stereocenters. The van der Waals surface area contributed by atoms with Crippen molar-refractivity contribution < 1.29 is 13.2 Å². The number of nitrogens with two attached hydrogens (primary N) is 1. The summed E-state index contributed by atoms with van der Waals surface area (Å²) in [6.07, 6.45) is 2.47. The van der Waals surface area contributed by atoms with Gasteiger partial charge in [-0.3, -0.25) is 4.79 Å². The van der Waals surface area contributed by atoms with Crippen molar-refractivity contribution in [3.63, 3.8) is 0 Å². The van der Waals surface area contributed by atoms with Crippen molar-refractivity contribution >= 4 is 15.7 Å². The predicted octanol–water partition coefficient (Wildman–Crippen LogP) is 0.445. The van der Waals surface area contributed by atoms with Gasteiger partial charge in [0.25, 0.3) is 0 Å². The molecule has 1 amide bonds. The molecule has 1 rings (SSSR count). The first-order valence-corrected chi connectivity index (χ1v) is 8.40. The first-order chi connectivity index (χ1) is 8.36. The second-order valence-corrected chi connectivity index (χ2v) is 7.44. The molecule has 6 heteroatoms. The van der Waals surface area contributed by atoms with E-state index in [0.29, 0.717) is 19.4 Å². The van der Waals surface area contributed by atoms with Gasteiger partial charge in [-0.05, 0) is 25.2 Å². The van der Waals surface area contributed by atoms with Crippen LogP contribution in [0.4, 0.5) is 0 Å². The van der Waals surface area contributed by atoms with E-state index in [4.69, 9.17) is 5.73 Å². The van der Waals surface area contributed by atoms with Crippen molar-refractivity contribution in [1.82, 2.24) is 5.32 Å². The number of nitrogens with one attached hydrogen (secondary N) is 1. The highest BCUT2D eigenvalue weighted by Gasteiger charge is 2.32. The van der Waals surface area contributed by atoms with Crippen molar-refractivity contribution in [2.75, 3.05) is 18.1 Å². The smallest absolute Gasteiger partial charge is 0.220 e. The van der Waals surface area contributed by atoms with Crippen LogP contribution in [0.15, 0.2) is 0 Å². The number of hydrogen-bond acceptors (Lipinski definition) is 4. The van der Waals surface area contributed by atoms with Crippen LogP contribution in [0.2, 0.25) is 0 Å². The molecule has 0 aromatic rings. The zero-order chi connectivity index (χ0) is 13.8. The summed E-state index contributed by atoms with van der Waals surface area (Å²) in [5.41, 5.74) is 5.38. The molecule has 1 heterocycles. The van der Waals surface area contributed by atoms with E-state index in [1.54, 1.807) is 0 Å². The highest BCUT2D eigenvalue weighted by Crippen LogP contribution is 2.22. The lowest BCUT2D eigenvalue weighted by Gasteiger charge is -2.31. The van der Waals surface area contributed by atoms with Gasteiger partial charge in [-0.1, -0.05) is 13.8 Å². The van der Waals surface area contributed by atoms with Gasteiger partial charge in [0, 0.05) is 13.0 Å². The average molecular weight is 276 g/mol. The fourth-order valence-corrected chi connectivity index (χ4v) is 4.27. The second kappa shape index (κ2) is 6.02. The number of sulfone groups is 1. The Morgan fingerprint density at radius 3 is 2.39 bits per heavy atom. The van der Waals surface area contributed by atoms with E-state index in [1.165, 1.54) is 0 Å². The summed E-state index contributed by atoms with van der Waals surface area (Å²) in [7, 11) is -2.91. The summed E-state index contributed by atoms with van der Waals surface area (Å²) in [5, 5.41) is 2.98. The molecule has 0 aliphatic carbocycles. The normalized spacial score (nSPS) is 22.9. The lowest BCUT2D eigenvalue weighted by molar-refractivity contribution is -0.123. The Labute approximate surface area is 109 Å². The van der Waals surface area contributed by atoms with E-state index in [2.05, 4.69) is 5.32 Å². The molecule has 1 saturated heterocycles. The van der Waals surface area contributed by atoms with E-state index in [9.17, 15) is 13.2 Å². The molecule has 106 valence electrons. The third-order valence-corrected chi connectivity index (χ3v) is 5.79. The van der Waals surface area contributed by atoms with Crippen LogP contribution in [0.3, 0.4) is 0 Å². The molecule has 0 radical (unpaired) electrons. The Hall–Kier alpha value is -0.620. The van der Waals surface area contributed by atoms with Crippen molar-refractivity contribution in [3.05, 3.63) is 0 Å². The maximum Gasteiger partial charge on any atom is 0.220 e. The molecular formula is C12H24N2O3S. The van der Waals surface area contributed by atoms with Crippen LogP contribution >= 0.6 is 0 Å². The summed E-state index contributed by atoms with van der Waals surface area (Å²) in [5.74, 6) is 0.258. The molecule has 18 heavy (non-hydrogen) atoms. The second-order valence-electron chi connectivity index (χ2n) is 5.21. The summed E-state index contributed by atoms with van der Waals surface area (Å²) in [6.45, 7) is 4.40. The van der Waals surface area contributed by atoms with Crippen molar-refractivity contribution in [1.29, 1.82) is 0 Å². The number of rotatable bonds is 6. The first kappa shape index (κ1) is 15.4. The van der Waals surface area contributed by atoms with E-state index in [1.807, 2.05) is 13.8 Å². The van der Waals surface area contributed by atoms with Crippen LogP contribution in [0, 0.1) is 5.92 Å². The molecule has 0 aromatic carbocycles. The minimum atomic E-state index is -2.91. The summed E-state index contributed by atoms with van der Waals surface area (Å²) in [4.78, 5) is 11.9. The van der Waals surface area contributed by atoms with Crippen LogP contribution in [0.1, 0.15) is 39.5 Å². The number of carbonyl (C=O) groups is 1. The minimum Gasteiger partial charge on any atom is -0.349 e. The van der Waals surface area contributed by atoms with Gasteiger partial charge < -0.3 is 11.1 Å². The Morgan fingerprint density at radius 2 is 2.00 bits per heavy atom. The third kappa shape index (κ3) is 3.95. The quantitative estimate of drug-likeness (QED) is 0.737. The Morgan fingerprint density at radius 1 is 1.39 bits per heavy atom. The van der Waals surface area contributed by atoms with Gasteiger partial charge in [0.2, 0.25) is 5.91 Å². The van der Waals surface area contributed by atoms with Crippen molar-refractivity contribution in [2.24, 2.45) is 11.7 Å². The summed E-state index contributed by atoms with van der Waals surface area (Å²) >= 11 is 0. The molecule has 1 aliphatic heterocycles. The summed E-state index contributed by atoms with van der Waals surface area (Å²) < 4.78 is 22.6. The van der Waals surface area contributed by atoms with Gasteiger partial charge in [-0.15, -0.1) is 0 Å². The molecule has 0 saturated carbocycles. The highest BCUT2D eigenvalue weighted by molar-refractivity contribution is 7.91. The van der Waals surface area contributed by atoms with Gasteiger partial charge in [0.15, 0.2) is 9.84 Å². The topological polar surface area (TPSA) is 89.3 Å². The summed E-state index contributed by atoms with van der Waals surface area (Å²) in [6, 6.07) is 0. The van der Waals surface area contributed by atoms with Gasteiger partial charge in [-0.2, -0.15) is 0 Å². The fourth-order valence-electron chi connectivity index (χ4n) is 2.41. The predicted molar refractivity (Wildman–Crippen MR) is 71.9 cm³/mol. The average Bonchev–Trinajstić information content (AvgIpc) is 2.65. The maximum atomic E-state index is 11.9. The van der Waals surface area contributed by atoms with E-state index >= 15 is 0 Å². The van der Waals surface area contributed by atoms with Crippen LogP contribution in [0.5, 0.6) is 0 Å². The Kier molecular flexibility index (Phi) is 5.16. The lowest BCUT2D eigenvalue weighted by Crippen LogP contribution is -2.53. The fraction of sp³-hybridized carbons (Fsp3) is 0.917. The molecule has 5 nitrogen and oxygen atoms in total. The van der Waals surface area contributed by atoms with Crippen LogP contribution < -0.4 is 11.1 Å². The van der Waals surface area contributed by atoms with E-state index in [0.717, 1.165) is 12.8 Å². The molecule has 0 bridgehead atoms. The monoisotopic (exact) mass is 276 g/mol. The van der Waals surface area contributed by atoms with Crippen LogP contribution in [-0.2, 0) is 14.6 Å². The van der Waals surface area contributed by atoms with Gasteiger partial charge in [-0.25, -0.2) is 8.42 Å².